The molecule has 1 heterocycles. The van der Waals surface area contributed by atoms with E-state index in [9.17, 15) is 9.18 Å². The zero-order valence-corrected chi connectivity index (χ0v) is 10.1. The van der Waals surface area contributed by atoms with Crippen molar-refractivity contribution in [1.29, 1.82) is 0 Å². The van der Waals surface area contributed by atoms with Crippen molar-refractivity contribution >= 4 is 29.0 Å². The number of hydrogen-bond acceptors (Lipinski definition) is 2. The summed E-state index contributed by atoms with van der Waals surface area (Å²) in [6.07, 6.45) is 0. The number of anilines is 1. The minimum Gasteiger partial charge on any atom is -0.365 e. The third-order valence-electron chi connectivity index (χ3n) is 2.61. The van der Waals surface area contributed by atoms with E-state index in [4.69, 9.17) is 12.2 Å². The van der Waals surface area contributed by atoms with Crippen molar-refractivity contribution in [2.24, 2.45) is 0 Å². The fourth-order valence-electron chi connectivity index (χ4n) is 1.72. The Kier molecular flexibility index (Phi) is 3.23. The first kappa shape index (κ1) is 11.8. The van der Waals surface area contributed by atoms with Crippen LogP contribution in [0.5, 0.6) is 0 Å². The summed E-state index contributed by atoms with van der Waals surface area (Å²) in [5.74, 6) is -0.317. The Morgan fingerprint density at radius 1 is 1.35 bits per heavy atom. The highest BCUT2D eigenvalue weighted by Crippen LogP contribution is 2.20. The lowest BCUT2D eigenvalue weighted by molar-refractivity contribution is 0.237. The number of carbonyl (C=O) groups is 1. The highest BCUT2D eigenvalue weighted by molar-refractivity contribution is 7.80. The molecule has 0 saturated carbocycles. The van der Waals surface area contributed by atoms with E-state index in [-0.39, 0.29) is 11.8 Å². The van der Waals surface area contributed by atoms with Crippen molar-refractivity contribution in [3.8, 4) is 0 Å². The lowest BCUT2D eigenvalue weighted by atomic mass is 10.3. The molecular weight excluding hydrogens is 241 g/mol. The lowest BCUT2D eigenvalue weighted by Crippen LogP contribution is -2.41. The van der Waals surface area contributed by atoms with Crippen LogP contribution in [-0.4, -0.2) is 36.2 Å². The number of benzene rings is 1. The maximum absolute atomic E-state index is 12.8. The normalized spacial score (nSPS) is 15.3. The molecule has 1 N–H and O–H groups in total. The SMILES string of the molecule is CNC(=S)N1CCN(c2ccc(F)cc2)C1=O. The van der Waals surface area contributed by atoms with Gasteiger partial charge in [0.15, 0.2) is 5.11 Å². The molecule has 0 atom stereocenters. The number of hydrogen-bond donors (Lipinski definition) is 1. The van der Waals surface area contributed by atoms with Gasteiger partial charge in [0.25, 0.3) is 0 Å². The maximum Gasteiger partial charge on any atom is 0.330 e. The van der Waals surface area contributed by atoms with Gasteiger partial charge in [0.1, 0.15) is 5.82 Å². The van der Waals surface area contributed by atoms with E-state index < -0.39 is 0 Å². The van der Waals surface area contributed by atoms with E-state index in [0.717, 1.165) is 0 Å². The number of rotatable bonds is 1. The van der Waals surface area contributed by atoms with Crippen LogP contribution in [0.3, 0.4) is 0 Å². The van der Waals surface area contributed by atoms with Crippen LogP contribution in [0.2, 0.25) is 0 Å². The first-order valence-corrected chi connectivity index (χ1v) is 5.60. The number of thiocarbonyl (C=S) groups is 1. The van der Waals surface area contributed by atoms with Gasteiger partial charge in [0.2, 0.25) is 0 Å². The predicted octanol–water partition coefficient (Wildman–Crippen LogP) is 1.57. The fourth-order valence-corrected chi connectivity index (χ4v) is 1.89. The van der Waals surface area contributed by atoms with E-state index in [0.29, 0.717) is 23.9 Å². The number of urea groups is 1. The van der Waals surface area contributed by atoms with Gasteiger partial charge in [-0.15, -0.1) is 0 Å². The molecule has 0 aliphatic carbocycles. The summed E-state index contributed by atoms with van der Waals surface area (Å²) < 4.78 is 12.8. The van der Waals surface area contributed by atoms with Crippen LogP contribution in [0.15, 0.2) is 24.3 Å². The van der Waals surface area contributed by atoms with Crippen LogP contribution in [0.25, 0.3) is 0 Å². The van der Waals surface area contributed by atoms with Gasteiger partial charge < -0.3 is 5.32 Å². The van der Waals surface area contributed by atoms with Gasteiger partial charge in [-0.05, 0) is 36.5 Å². The standard InChI is InChI=1S/C11H12FN3OS/c1-13-10(17)15-7-6-14(11(15)16)9-4-2-8(12)3-5-9/h2-5H,6-7H2,1H3,(H,13,17). The van der Waals surface area contributed by atoms with Crippen LogP contribution < -0.4 is 10.2 Å². The topological polar surface area (TPSA) is 35.6 Å². The first-order chi connectivity index (χ1) is 8.13. The minimum atomic E-state index is -0.317. The molecule has 4 nitrogen and oxygen atoms in total. The minimum absolute atomic E-state index is 0.184. The summed E-state index contributed by atoms with van der Waals surface area (Å²) >= 11 is 5.02. The van der Waals surface area contributed by atoms with E-state index in [2.05, 4.69) is 5.32 Å². The van der Waals surface area contributed by atoms with Gasteiger partial charge in [-0.3, -0.25) is 9.80 Å². The monoisotopic (exact) mass is 253 g/mol. The van der Waals surface area contributed by atoms with Gasteiger partial charge in [-0.1, -0.05) is 0 Å². The summed E-state index contributed by atoms with van der Waals surface area (Å²) in [5.41, 5.74) is 0.679. The van der Waals surface area contributed by atoms with Crippen molar-refractivity contribution in [1.82, 2.24) is 10.2 Å². The quantitative estimate of drug-likeness (QED) is 0.772. The highest BCUT2D eigenvalue weighted by atomic mass is 32.1. The molecule has 1 fully saturated rings. The molecule has 1 aliphatic rings. The van der Waals surface area contributed by atoms with Gasteiger partial charge in [-0.2, -0.15) is 0 Å². The Labute approximate surface area is 104 Å². The van der Waals surface area contributed by atoms with Crippen LogP contribution in [0, 0.1) is 5.82 Å². The fraction of sp³-hybridized carbons (Fsp3) is 0.273. The predicted molar refractivity (Wildman–Crippen MR) is 67.5 cm³/mol. The summed E-state index contributed by atoms with van der Waals surface area (Å²) in [6, 6.07) is 5.65. The Balaban J connectivity index is 2.17. The van der Waals surface area contributed by atoms with Crippen molar-refractivity contribution < 1.29 is 9.18 Å². The smallest absolute Gasteiger partial charge is 0.330 e. The number of amides is 2. The van der Waals surface area contributed by atoms with Crippen LogP contribution in [-0.2, 0) is 0 Å². The molecule has 0 radical (unpaired) electrons. The molecule has 2 rings (SSSR count). The van der Waals surface area contributed by atoms with Gasteiger partial charge in [0, 0.05) is 25.8 Å². The van der Waals surface area contributed by atoms with Crippen LogP contribution in [0.1, 0.15) is 0 Å². The molecule has 0 spiro atoms. The van der Waals surface area contributed by atoms with Crippen molar-refractivity contribution in [3.05, 3.63) is 30.1 Å². The zero-order chi connectivity index (χ0) is 12.4. The molecule has 0 bridgehead atoms. The van der Waals surface area contributed by atoms with Gasteiger partial charge in [-0.25, -0.2) is 9.18 Å². The first-order valence-electron chi connectivity index (χ1n) is 5.20. The van der Waals surface area contributed by atoms with E-state index in [1.807, 2.05) is 0 Å². The summed E-state index contributed by atoms with van der Waals surface area (Å²) in [4.78, 5) is 15.1. The number of nitrogens with zero attached hydrogens (tertiary/aromatic N) is 2. The van der Waals surface area contributed by atoms with Gasteiger partial charge in [0.05, 0.1) is 0 Å². The van der Waals surface area contributed by atoms with Crippen LogP contribution >= 0.6 is 12.2 Å². The lowest BCUT2D eigenvalue weighted by Gasteiger charge is -2.18. The second-order valence-electron chi connectivity index (χ2n) is 3.62. The zero-order valence-electron chi connectivity index (χ0n) is 9.31. The Bertz CT molecular complexity index is 449. The molecule has 17 heavy (non-hydrogen) atoms. The van der Waals surface area contributed by atoms with Crippen molar-refractivity contribution in [2.75, 3.05) is 25.0 Å². The molecule has 6 heteroatoms. The molecule has 0 unspecified atom stereocenters. The molecule has 2 amide bonds. The third kappa shape index (κ3) is 2.21. The average Bonchev–Trinajstić information content (AvgIpc) is 2.71. The Hall–Kier alpha value is -1.69. The summed E-state index contributed by atoms with van der Waals surface area (Å²) in [7, 11) is 1.68. The number of carbonyl (C=O) groups excluding carboxylic acids is 1. The van der Waals surface area contributed by atoms with E-state index in [1.54, 1.807) is 24.1 Å². The molecule has 1 aliphatic heterocycles. The van der Waals surface area contributed by atoms with Crippen molar-refractivity contribution in [2.45, 2.75) is 0 Å². The number of halogens is 1. The molecular formula is C11H12FN3OS. The average molecular weight is 253 g/mol. The molecule has 90 valence electrons. The molecule has 1 aromatic carbocycles. The highest BCUT2D eigenvalue weighted by Gasteiger charge is 2.31. The Morgan fingerprint density at radius 3 is 2.59 bits per heavy atom. The summed E-state index contributed by atoms with van der Waals surface area (Å²) in [5, 5.41) is 3.17. The van der Waals surface area contributed by atoms with Crippen molar-refractivity contribution in [3.63, 3.8) is 0 Å². The van der Waals surface area contributed by atoms with E-state index >= 15 is 0 Å². The second kappa shape index (κ2) is 4.67. The molecule has 0 aromatic heterocycles. The summed E-state index contributed by atoms with van der Waals surface area (Å²) in [6.45, 7) is 1.09. The largest absolute Gasteiger partial charge is 0.365 e. The maximum atomic E-state index is 12.8. The second-order valence-corrected chi connectivity index (χ2v) is 4.00. The van der Waals surface area contributed by atoms with Crippen LogP contribution in [0.4, 0.5) is 14.9 Å². The van der Waals surface area contributed by atoms with Gasteiger partial charge >= 0.3 is 6.03 Å². The molecule has 1 saturated heterocycles. The third-order valence-corrected chi connectivity index (χ3v) is 3.03. The molecule has 1 aromatic rings. The van der Waals surface area contributed by atoms with E-state index in [1.165, 1.54) is 17.0 Å². The number of nitrogens with one attached hydrogen (secondary N) is 1. The Morgan fingerprint density at radius 2 is 2.00 bits per heavy atom.